The quantitative estimate of drug-likeness (QED) is 0.216. The van der Waals surface area contributed by atoms with Gasteiger partial charge in [0.2, 0.25) is 0 Å². The molecule has 0 unspecified atom stereocenters. The number of thiazole rings is 1. The van der Waals surface area contributed by atoms with Gasteiger partial charge < -0.3 is 23.7 Å². The predicted octanol–water partition coefficient (Wildman–Crippen LogP) is 4.93. The van der Waals surface area contributed by atoms with Crippen molar-refractivity contribution >= 4 is 23.4 Å². The zero-order valence-electron chi connectivity index (χ0n) is 25.6. The molecule has 45 heavy (non-hydrogen) atoms. The van der Waals surface area contributed by atoms with Crippen molar-refractivity contribution in [2.45, 2.75) is 33.4 Å². The van der Waals surface area contributed by atoms with E-state index in [1.54, 1.807) is 68.5 Å². The van der Waals surface area contributed by atoms with E-state index >= 15 is 0 Å². The Kier molecular flexibility index (Phi) is 9.68. The Morgan fingerprint density at radius 3 is 2.47 bits per heavy atom. The Hall–Kier alpha value is -4.90. The summed E-state index contributed by atoms with van der Waals surface area (Å²) >= 11 is 1.20. The zero-order chi connectivity index (χ0) is 32.1. The van der Waals surface area contributed by atoms with Crippen molar-refractivity contribution in [3.05, 3.63) is 114 Å². The van der Waals surface area contributed by atoms with Gasteiger partial charge in [0.25, 0.3) is 5.56 Å². The molecule has 0 aliphatic carbocycles. The standard InChI is InChI=1S/C34H33FN2O7S/c1-6-42-31-24(12-9-13-26(31)40-4)30-29(33(39)43-7-2)20(3)36-34-37(30)32(38)28(45-34)18-21-14-15-25(27(17-21)41-5)44-19-22-10-8-11-23(35)16-22/h8-18,30H,6-7,19H2,1-5H3/b28-18+/t30-/m1/s1. The lowest BCUT2D eigenvalue weighted by Gasteiger charge is -2.26. The second kappa shape index (κ2) is 13.8. The van der Waals surface area contributed by atoms with Crippen molar-refractivity contribution in [2.75, 3.05) is 27.4 Å². The smallest absolute Gasteiger partial charge is 0.338 e. The number of hydrogen-bond donors (Lipinski definition) is 0. The summed E-state index contributed by atoms with van der Waals surface area (Å²) in [6, 6.07) is 15.9. The Balaban J connectivity index is 1.60. The lowest BCUT2D eigenvalue weighted by molar-refractivity contribution is -0.139. The molecule has 0 N–H and O–H groups in total. The highest BCUT2D eigenvalue weighted by Gasteiger charge is 2.36. The van der Waals surface area contributed by atoms with Crippen LogP contribution in [-0.2, 0) is 16.1 Å². The lowest BCUT2D eigenvalue weighted by atomic mass is 9.94. The summed E-state index contributed by atoms with van der Waals surface area (Å²) in [4.78, 5) is 32.5. The molecular weight excluding hydrogens is 599 g/mol. The first kappa shape index (κ1) is 31.5. The number of para-hydroxylation sites is 1. The van der Waals surface area contributed by atoms with Crippen LogP contribution in [0.5, 0.6) is 23.0 Å². The van der Waals surface area contributed by atoms with Crippen LogP contribution in [0, 0.1) is 5.82 Å². The highest BCUT2D eigenvalue weighted by molar-refractivity contribution is 7.07. The Morgan fingerprint density at radius 1 is 0.978 bits per heavy atom. The number of rotatable bonds is 11. The van der Waals surface area contributed by atoms with E-state index in [2.05, 4.69) is 4.99 Å². The van der Waals surface area contributed by atoms with Crippen LogP contribution in [0.25, 0.3) is 6.08 Å². The van der Waals surface area contributed by atoms with Crippen LogP contribution in [0.3, 0.4) is 0 Å². The second-order valence-corrected chi connectivity index (χ2v) is 11.0. The molecule has 0 radical (unpaired) electrons. The van der Waals surface area contributed by atoms with Gasteiger partial charge in [-0.3, -0.25) is 9.36 Å². The maximum atomic E-state index is 14.1. The number of esters is 1. The fraction of sp³-hybridized carbons (Fsp3) is 0.265. The molecule has 0 saturated carbocycles. The van der Waals surface area contributed by atoms with Gasteiger partial charge >= 0.3 is 5.97 Å². The van der Waals surface area contributed by atoms with Crippen molar-refractivity contribution in [2.24, 2.45) is 4.99 Å². The van der Waals surface area contributed by atoms with E-state index in [-0.39, 0.29) is 30.2 Å². The SMILES string of the molecule is CCOC(=O)C1=C(C)N=c2s/c(=C/c3ccc(OCc4cccc(F)c4)c(OC)c3)c(=O)n2[C@@H]1c1cccc(OC)c1OCC. The number of ether oxygens (including phenoxy) is 5. The number of fused-ring (bicyclic) bond motifs is 1. The summed E-state index contributed by atoms with van der Waals surface area (Å²) in [5.74, 6) is 0.910. The van der Waals surface area contributed by atoms with E-state index in [0.29, 0.717) is 61.3 Å². The van der Waals surface area contributed by atoms with E-state index in [9.17, 15) is 14.0 Å². The minimum absolute atomic E-state index is 0.155. The molecule has 2 heterocycles. The molecule has 0 fully saturated rings. The highest BCUT2D eigenvalue weighted by Crippen LogP contribution is 2.40. The van der Waals surface area contributed by atoms with Gasteiger partial charge in [0.05, 0.1) is 43.2 Å². The molecule has 234 valence electrons. The first-order valence-corrected chi connectivity index (χ1v) is 15.2. The molecule has 9 nitrogen and oxygen atoms in total. The van der Waals surface area contributed by atoms with Gasteiger partial charge in [-0.2, -0.15) is 0 Å². The molecule has 11 heteroatoms. The number of benzene rings is 3. The molecule has 1 atom stereocenters. The number of carbonyl (C=O) groups excluding carboxylic acids is 1. The summed E-state index contributed by atoms with van der Waals surface area (Å²) in [5, 5.41) is 0. The lowest BCUT2D eigenvalue weighted by Crippen LogP contribution is -2.40. The van der Waals surface area contributed by atoms with Gasteiger partial charge in [0.1, 0.15) is 18.5 Å². The zero-order valence-corrected chi connectivity index (χ0v) is 26.4. The third kappa shape index (κ3) is 6.48. The maximum Gasteiger partial charge on any atom is 0.338 e. The monoisotopic (exact) mass is 632 g/mol. The molecule has 0 bridgehead atoms. The topological polar surface area (TPSA) is 97.6 Å². The molecule has 3 aromatic carbocycles. The average molecular weight is 633 g/mol. The minimum atomic E-state index is -0.868. The summed E-state index contributed by atoms with van der Waals surface area (Å²) < 4.78 is 43.9. The summed E-state index contributed by atoms with van der Waals surface area (Å²) in [6.07, 6.45) is 1.73. The molecule has 0 spiro atoms. The molecule has 0 amide bonds. The molecule has 5 rings (SSSR count). The van der Waals surface area contributed by atoms with Crippen LogP contribution in [0.15, 0.2) is 81.7 Å². The van der Waals surface area contributed by atoms with Crippen molar-refractivity contribution in [1.29, 1.82) is 0 Å². The fourth-order valence-electron chi connectivity index (χ4n) is 5.13. The maximum absolute atomic E-state index is 14.1. The number of carbonyl (C=O) groups is 1. The van der Waals surface area contributed by atoms with Gasteiger partial charge in [-0.05, 0) is 68.3 Å². The Morgan fingerprint density at radius 2 is 1.76 bits per heavy atom. The molecule has 0 saturated heterocycles. The molecule has 1 aliphatic rings. The average Bonchev–Trinajstić information content (AvgIpc) is 3.33. The predicted molar refractivity (Wildman–Crippen MR) is 168 cm³/mol. The van der Waals surface area contributed by atoms with E-state index in [1.807, 2.05) is 6.92 Å². The normalized spacial score (nSPS) is 14.4. The molecular formula is C34H33FN2O7S. The van der Waals surface area contributed by atoms with Gasteiger partial charge in [-0.1, -0.05) is 41.7 Å². The fourth-order valence-corrected chi connectivity index (χ4v) is 6.17. The van der Waals surface area contributed by atoms with Crippen molar-refractivity contribution in [3.63, 3.8) is 0 Å². The highest BCUT2D eigenvalue weighted by atomic mass is 32.1. The van der Waals surface area contributed by atoms with Crippen LogP contribution in [0.2, 0.25) is 0 Å². The van der Waals surface area contributed by atoms with Gasteiger partial charge in [0.15, 0.2) is 27.8 Å². The number of allylic oxidation sites excluding steroid dienone is 1. The van der Waals surface area contributed by atoms with Crippen molar-refractivity contribution < 1.29 is 32.9 Å². The van der Waals surface area contributed by atoms with Crippen LogP contribution >= 0.6 is 11.3 Å². The molecule has 4 aromatic rings. The summed E-state index contributed by atoms with van der Waals surface area (Å²) in [7, 11) is 3.05. The van der Waals surface area contributed by atoms with Crippen LogP contribution < -0.4 is 33.8 Å². The number of nitrogens with zero attached hydrogens (tertiary/aromatic N) is 2. The largest absolute Gasteiger partial charge is 0.493 e. The van der Waals surface area contributed by atoms with Gasteiger partial charge in [-0.15, -0.1) is 0 Å². The molecule has 1 aromatic heterocycles. The number of aromatic nitrogens is 1. The first-order chi connectivity index (χ1) is 21.8. The van der Waals surface area contributed by atoms with E-state index in [4.69, 9.17) is 23.7 Å². The summed E-state index contributed by atoms with van der Waals surface area (Å²) in [6.45, 7) is 5.96. The minimum Gasteiger partial charge on any atom is -0.493 e. The Labute approximate surface area is 263 Å². The van der Waals surface area contributed by atoms with E-state index in [1.165, 1.54) is 42.3 Å². The second-order valence-electron chi connectivity index (χ2n) is 9.94. The van der Waals surface area contributed by atoms with Crippen molar-refractivity contribution in [3.8, 4) is 23.0 Å². The Bertz CT molecular complexity index is 1950. The number of methoxy groups -OCH3 is 2. The first-order valence-electron chi connectivity index (χ1n) is 14.3. The third-order valence-corrected chi connectivity index (χ3v) is 8.08. The number of halogens is 1. The number of hydrogen-bond acceptors (Lipinski definition) is 9. The van der Waals surface area contributed by atoms with E-state index < -0.39 is 12.0 Å². The van der Waals surface area contributed by atoms with E-state index in [0.717, 1.165) is 0 Å². The van der Waals surface area contributed by atoms with Gasteiger partial charge in [0, 0.05) is 5.56 Å². The summed E-state index contributed by atoms with van der Waals surface area (Å²) in [5.41, 5.74) is 2.28. The van der Waals surface area contributed by atoms with Crippen LogP contribution in [0.1, 0.15) is 43.5 Å². The third-order valence-electron chi connectivity index (χ3n) is 7.10. The molecule has 1 aliphatic heterocycles. The van der Waals surface area contributed by atoms with Crippen LogP contribution in [0.4, 0.5) is 4.39 Å². The van der Waals surface area contributed by atoms with Crippen LogP contribution in [-0.4, -0.2) is 38.0 Å². The van der Waals surface area contributed by atoms with Crippen molar-refractivity contribution in [1.82, 2.24) is 4.57 Å². The van der Waals surface area contributed by atoms with Gasteiger partial charge in [-0.25, -0.2) is 14.2 Å².